The van der Waals surface area contributed by atoms with Gasteiger partial charge in [0.1, 0.15) is 0 Å². The maximum absolute atomic E-state index is 2.45. The van der Waals surface area contributed by atoms with Crippen molar-refractivity contribution in [1.29, 1.82) is 0 Å². The van der Waals surface area contributed by atoms with Crippen molar-refractivity contribution in [2.24, 2.45) is 0 Å². The molecule has 96 valence electrons. The van der Waals surface area contributed by atoms with Crippen LogP contribution in [-0.4, -0.2) is 17.0 Å². The monoisotopic (exact) mass is 250 g/mol. The Balaban J connectivity index is 2.50. The smallest absolute Gasteiger partial charge is 0.0230 e. The Bertz CT molecular complexity index is 295. The quantitative estimate of drug-likeness (QED) is 0.600. The number of hydrogen-bond donors (Lipinski definition) is 0. The minimum atomic E-state index is 0.164. The first kappa shape index (κ1) is 14.7. The summed E-state index contributed by atoms with van der Waals surface area (Å²) in [6.07, 6.45) is 2.58. The van der Waals surface area contributed by atoms with Gasteiger partial charge in [-0.05, 0) is 35.4 Å². The predicted octanol–water partition coefficient (Wildman–Crippen LogP) is 5.31. The topological polar surface area (TPSA) is 0 Å². The summed E-state index contributed by atoms with van der Waals surface area (Å²) in [5, 5.41) is 0. The van der Waals surface area contributed by atoms with E-state index in [4.69, 9.17) is 0 Å². The predicted molar refractivity (Wildman–Crippen MR) is 81.4 cm³/mol. The standard InChI is InChI=1S/C16H27P/c1-13(2)17(14(3)4)15(5)11-12-16-9-7-6-8-10-16/h6-10,13-15H,11-12H2,1-5H3. The molecule has 0 N–H and O–H groups in total. The van der Waals surface area contributed by atoms with E-state index in [-0.39, 0.29) is 7.92 Å². The molecule has 0 saturated carbocycles. The summed E-state index contributed by atoms with van der Waals surface area (Å²) in [5.74, 6) is 0. The lowest BCUT2D eigenvalue weighted by Gasteiger charge is -2.32. The van der Waals surface area contributed by atoms with Crippen LogP contribution in [0.5, 0.6) is 0 Å². The summed E-state index contributed by atoms with van der Waals surface area (Å²) in [7, 11) is 0.164. The van der Waals surface area contributed by atoms with Gasteiger partial charge in [-0.25, -0.2) is 0 Å². The van der Waals surface area contributed by atoms with Crippen LogP contribution in [0.15, 0.2) is 30.3 Å². The van der Waals surface area contributed by atoms with Gasteiger partial charge in [0.15, 0.2) is 0 Å². The lowest BCUT2D eigenvalue weighted by atomic mass is 10.1. The van der Waals surface area contributed by atoms with Crippen LogP contribution >= 0.6 is 7.92 Å². The molecule has 0 aliphatic carbocycles. The molecule has 0 fully saturated rings. The molecule has 0 radical (unpaired) electrons. The van der Waals surface area contributed by atoms with Crippen molar-refractivity contribution in [3.05, 3.63) is 35.9 Å². The largest absolute Gasteiger partial charge is 0.0985 e. The highest BCUT2D eigenvalue weighted by molar-refractivity contribution is 7.59. The van der Waals surface area contributed by atoms with Crippen LogP contribution < -0.4 is 0 Å². The maximum atomic E-state index is 2.45. The molecule has 17 heavy (non-hydrogen) atoms. The van der Waals surface area contributed by atoms with Crippen LogP contribution in [0.1, 0.15) is 46.6 Å². The van der Waals surface area contributed by atoms with Crippen molar-refractivity contribution in [3.63, 3.8) is 0 Å². The van der Waals surface area contributed by atoms with Crippen LogP contribution in [0.2, 0.25) is 0 Å². The van der Waals surface area contributed by atoms with Crippen molar-refractivity contribution in [2.45, 2.75) is 64.4 Å². The van der Waals surface area contributed by atoms with Crippen molar-refractivity contribution in [2.75, 3.05) is 0 Å². The first-order valence-corrected chi connectivity index (χ1v) is 8.38. The second kappa shape index (κ2) is 7.17. The van der Waals surface area contributed by atoms with Gasteiger partial charge in [-0.2, -0.15) is 0 Å². The van der Waals surface area contributed by atoms with Gasteiger partial charge in [-0.1, -0.05) is 72.9 Å². The molecule has 0 bridgehead atoms. The zero-order valence-corrected chi connectivity index (χ0v) is 12.9. The number of aryl methyl sites for hydroxylation is 1. The lowest BCUT2D eigenvalue weighted by Crippen LogP contribution is -2.14. The minimum Gasteiger partial charge on any atom is -0.0985 e. The van der Waals surface area contributed by atoms with E-state index in [0.29, 0.717) is 0 Å². The molecular formula is C16H27P. The third-order valence-corrected chi connectivity index (χ3v) is 7.06. The van der Waals surface area contributed by atoms with Gasteiger partial charge in [-0.15, -0.1) is 0 Å². The fourth-order valence-electron chi connectivity index (χ4n) is 2.78. The van der Waals surface area contributed by atoms with Crippen LogP contribution in [0.25, 0.3) is 0 Å². The molecule has 0 amide bonds. The fourth-order valence-corrected chi connectivity index (χ4v) is 6.44. The number of hydrogen-bond acceptors (Lipinski definition) is 0. The normalized spacial score (nSPS) is 13.6. The molecule has 0 aliphatic heterocycles. The SMILES string of the molecule is CC(C)P(C(C)C)C(C)CCc1ccccc1. The first-order valence-electron chi connectivity index (χ1n) is 6.83. The third kappa shape index (κ3) is 4.80. The van der Waals surface area contributed by atoms with E-state index in [1.54, 1.807) is 0 Å². The number of rotatable bonds is 6. The average Bonchev–Trinajstić information content (AvgIpc) is 2.27. The van der Waals surface area contributed by atoms with Gasteiger partial charge in [0.2, 0.25) is 0 Å². The van der Waals surface area contributed by atoms with E-state index < -0.39 is 0 Å². The Morgan fingerprint density at radius 2 is 1.41 bits per heavy atom. The Morgan fingerprint density at radius 1 is 0.882 bits per heavy atom. The van der Waals surface area contributed by atoms with Crippen molar-refractivity contribution in [3.8, 4) is 0 Å². The van der Waals surface area contributed by atoms with Crippen LogP contribution in [0, 0.1) is 0 Å². The number of benzene rings is 1. The Kier molecular flexibility index (Phi) is 6.20. The fraction of sp³-hybridized carbons (Fsp3) is 0.625. The van der Waals surface area contributed by atoms with Gasteiger partial charge in [-0.3, -0.25) is 0 Å². The van der Waals surface area contributed by atoms with Crippen LogP contribution in [-0.2, 0) is 6.42 Å². The van der Waals surface area contributed by atoms with E-state index in [1.807, 2.05) is 0 Å². The summed E-state index contributed by atoms with van der Waals surface area (Å²) < 4.78 is 0. The summed E-state index contributed by atoms with van der Waals surface area (Å²) in [6, 6.07) is 10.9. The second-order valence-corrected chi connectivity index (χ2v) is 9.35. The highest BCUT2D eigenvalue weighted by Crippen LogP contribution is 2.51. The van der Waals surface area contributed by atoms with Gasteiger partial charge < -0.3 is 0 Å². The van der Waals surface area contributed by atoms with Gasteiger partial charge in [0, 0.05) is 0 Å². The minimum absolute atomic E-state index is 0.164. The molecule has 1 aromatic rings. The molecule has 1 aromatic carbocycles. The molecule has 0 heterocycles. The maximum Gasteiger partial charge on any atom is -0.0230 e. The molecule has 0 aromatic heterocycles. The Morgan fingerprint density at radius 3 is 1.88 bits per heavy atom. The molecule has 1 unspecified atom stereocenters. The van der Waals surface area contributed by atoms with Gasteiger partial charge in [0.05, 0.1) is 0 Å². The van der Waals surface area contributed by atoms with E-state index in [0.717, 1.165) is 17.0 Å². The van der Waals surface area contributed by atoms with Crippen LogP contribution in [0.3, 0.4) is 0 Å². The summed E-state index contributed by atoms with van der Waals surface area (Å²) in [4.78, 5) is 0. The highest BCUT2D eigenvalue weighted by Gasteiger charge is 2.22. The summed E-state index contributed by atoms with van der Waals surface area (Å²) in [6.45, 7) is 12.0. The van der Waals surface area contributed by atoms with Gasteiger partial charge in [0.25, 0.3) is 0 Å². The van der Waals surface area contributed by atoms with Crippen molar-refractivity contribution < 1.29 is 0 Å². The Labute approximate surface area is 109 Å². The molecule has 1 rings (SSSR count). The van der Waals surface area contributed by atoms with E-state index in [2.05, 4.69) is 65.0 Å². The van der Waals surface area contributed by atoms with Crippen molar-refractivity contribution >= 4 is 7.92 Å². The lowest BCUT2D eigenvalue weighted by molar-refractivity contribution is 0.782. The Hall–Kier alpha value is -0.350. The van der Waals surface area contributed by atoms with E-state index in [9.17, 15) is 0 Å². The van der Waals surface area contributed by atoms with Crippen LogP contribution in [0.4, 0.5) is 0 Å². The zero-order valence-electron chi connectivity index (χ0n) is 12.0. The first-order chi connectivity index (χ1) is 8.02. The second-order valence-electron chi connectivity index (χ2n) is 5.51. The highest BCUT2D eigenvalue weighted by atomic mass is 31.1. The summed E-state index contributed by atoms with van der Waals surface area (Å²) in [5.41, 5.74) is 4.08. The molecular weight excluding hydrogens is 223 g/mol. The third-order valence-electron chi connectivity index (χ3n) is 3.40. The molecule has 0 aliphatic rings. The molecule has 0 nitrogen and oxygen atoms in total. The molecule has 1 atom stereocenters. The molecule has 1 heteroatoms. The van der Waals surface area contributed by atoms with E-state index in [1.165, 1.54) is 18.4 Å². The molecule has 0 saturated heterocycles. The zero-order chi connectivity index (χ0) is 12.8. The molecule has 0 spiro atoms. The van der Waals surface area contributed by atoms with Gasteiger partial charge >= 0.3 is 0 Å². The average molecular weight is 250 g/mol. The van der Waals surface area contributed by atoms with E-state index >= 15 is 0 Å². The summed E-state index contributed by atoms with van der Waals surface area (Å²) >= 11 is 0. The van der Waals surface area contributed by atoms with Crippen molar-refractivity contribution in [1.82, 2.24) is 0 Å².